The van der Waals surface area contributed by atoms with Gasteiger partial charge in [0.25, 0.3) is 0 Å². The lowest BCUT2D eigenvalue weighted by Gasteiger charge is -2.16. The highest BCUT2D eigenvalue weighted by Crippen LogP contribution is 2.13. The number of amides is 1. The summed E-state index contributed by atoms with van der Waals surface area (Å²) in [7, 11) is 5.17. The number of nitrogens with one attached hydrogen (secondary N) is 1. The molecule has 6 heteroatoms. The molecule has 0 saturated carbocycles. The van der Waals surface area contributed by atoms with Crippen molar-refractivity contribution in [3.8, 4) is 5.75 Å². The summed E-state index contributed by atoms with van der Waals surface area (Å²) in [6.45, 7) is 1.39. The number of rotatable bonds is 8. The molecule has 0 aliphatic carbocycles. The number of hydrogen-bond acceptors (Lipinski definition) is 4. The monoisotopic (exact) mass is 314 g/mol. The topological polar surface area (TPSA) is 58.6 Å². The van der Waals surface area contributed by atoms with Crippen molar-refractivity contribution in [2.75, 3.05) is 34.3 Å². The van der Waals surface area contributed by atoms with Crippen molar-refractivity contribution in [3.05, 3.63) is 29.8 Å². The van der Waals surface area contributed by atoms with Crippen molar-refractivity contribution in [2.45, 2.75) is 12.8 Å². The minimum absolute atomic E-state index is 0. The minimum Gasteiger partial charge on any atom is -0.497 e. The average molecular weight is 315 g/mol. The van der Waals surface area contributed by atoms with Crippen molar-refractivity contribution >= 4 is 24.1 Å². The van der Waals surface area contributed by atoms with Crippen molar-refractivity contribution in [1.82, 2.24) is 10.2 Å². The molecule has 21 heavy (non-hydrogen) atoms. The van der Waals surface area contributed by atoms with Crippen LogP contribution in [-0.2, 0) is 4.79 Å². The van der Waals surface area contributed by atoms with Crippen LogP contribution in [0.15, 0.2) is 24.3 Å². The summed E-state index contributed by atoms with van der Waals surface area (Å²) in [6.07, 6.45) is 0.472. The molecule has 1 N–H and O–H groups in total. The molecule has 1 rings (SSSR count). The lowest BCUT2D eigenvalue weighted by molar-refractivity contribution is -0.129. The maximum atomic E-state index is 12.0. The van der Waals surface area contributed by atoms with Crippen LogP contribution in [0.2, 0.25) is 0 Å². The molecule has 0 aliphatic heterocycles. The van der Waals surface area contributed by atoms with Gasteiger partial charge in [-0.15, -0.1) is 12.4 Å². The van der Waals surface area contributed by atoms with Crippen LogP contribution in [-0.4, -0.2) is 50.9 Å². The van der Waals surface area contributed by atoms with E-state index in [1.54, 1.807) is 43.3 Å². The number of benzene rings is 1. The first-order valence-electron chi connectivity index (χ1n) is 6.64. The fraction of sp³-hybridized carbons (Fsp3) is 0.467. The van der Waals surface area contributed by atoms with E-state index in [2.05, 4.69) is 5.32 Å². The highest BCUT2D eigenvalue weighted by molar-refractivity contribution is 5.98. The summed E-state index contributed by atoms with van der Waals surface area (Å²) in [5.74, 6) is 0.676. The Morgan fingerprint density at radius 2 is 1.81 bits per heavy atom. The molecule has 118 valence electrons. The molecule has 0 fully saturated rings. The highest BCUT2D eigenvalue weighted by atomic mass is 35.5. The van der Waals surface area contributed by atoms with Crippen LogP contribution in [0.25, 0.3) is 0 Å². The van der Waals surface area contributed by atoms with Crippen LogP contribution in [0.1, 0.15) is 23.2 Å². The first kappa shape index (κ1) is 19.4. The standard InChI is InChI=1S/C15H22N2O3.ClH/c1-16-10-11-17(2)15(19)9-8-14(18)12-4-6-13(20-3)7-5-12;/h4-7,16H,8-11H2,1-3H3;1H. The second-order valence-electron chi connectivity index (χ2n) is 4.57. The van der Waals surface area contributed by atoms with Crippen LogP contribution in [0, 0.1) is 0 Å². The fourth-order valence-corrected chi connectivity index (χ4v) is 1.74. The molecule has 0 saturated heterocycles. The number of hydrogen-bond donors (Lipinski definition) is 1. The Kier molecular flexibility index (Phi) is 9.41. The Balaban J connectivity index is 0.00000400. The summed E-state index contributed by atoms with van der Waals surface area (Å²) in [5, 5.41) is 2.98. The predicted molar refractivity (Wildman–Crippen MR) is 85.4 cm³/mol. The highest BCUT2D eigenvalue weighted by Gasteiger charge is 2.12. The molecule has 0 aromatic heterocycles. The van der Waals surface area contributed by atoms with E-state index in [9.17, 15) is 9.59 Å². The lowest BCUT2D eigenvalue weighted by atomic mass is 10.1. The zero-order valence-electron chi connectivity index (χ0n) is 12.7. The van der Waals surface area contributed by atoms with Crippen molar-refractivity contribution in [2.24, 2.45) is 0 Å². The third-order valence-corrected chi connectivity index (χ3v) is 3.10. The molecule has 0 bridgehead atoms. The number of ether oxygens (including phenoxy) is 1. The second kappa shape index (κ2) is 10.2. The Morgan fingerprint density at radius 1 is 1.19 bits per heavy atom. The quantitative estimate of drug-likeness (QED) is 0.743. The van der Waals surface area contributed by atoms with E-state index in [1.807, 2.05) is 7.05 Å². The summed E-state index contributed by atoms with van der Waals surface area (Å²) in [4.78, 5) is 25.4. The summed E-state index contributed by atoms with van der Waals surface area (Å²) in [6, 6.07) is 6.93. The maximum Gasteiger partial charge on any atom is 0.222 e. The van der Waals surface area contributed by atoms with Gasteiger partial charge in [0, 0.05) is 38.5 Å². The van der Waals surface area contributed by atoms with E-state index in [1.165, 1.54) is 0 Å². The van der Waals surface area contributed by atoms with Gasteiger partial charge in [-0.3, -0.25) is 9.59 Å². The molecule has 1 aromatic rings. The first-order valence-corrected chi connectivity index (χ1v) is 6.64. The zero-order chi connectivity index (χ0) is 15.0. The largest absolute Gasteiger partial charge is 0.497 e. The molecule has 5 nitrogen and oxygen atoms in total. The Bertz CT molecular complexity index is 449. The molecule has 0 heterocycles. The van der Waals surface area contributed by atoms with E-state index in [4.69, 9.17) is 4.74 Å². The molecule has 1 aromatic carbocycles. The Morgan fingerprint density at radius 3 is 2.33 bits per heavy atom. The average Bonchev–Trinajstić information content (AvgIpc) is 2.49. The van der Waals surface area contributed by atoms with Crippen molar-refractivity contribution in [1.29, 1.82) is 0 Å². The molecular weight excluding hydrogens is 292 g/mol. The molecule has 0 radical (unpaired) electrons. The summed E-state index contributed by atoms with van der Waals surface area (Å²) >= 11 is 0. The summed E-state index contributed by atoms with van der Waals surface area (Å²) < 4.78 is 5.04. The van der Waals surface area contributed by atoms with Crippen LogP contribution in [0.4, 0.5) is 0 Å². The number of methoxy groups -OCH3 is 1. The van der Waals surface area contributed by atoms with E-state index >= 15 is 0 Å². The van der Waals surface area contributed by atoms with Gasteiger partial charge in [0.15, 0.2) is 5.78 Å². The number of Topliss-reactive ketones (excluding diaryl/α,β-unsaturated/α-hetero) is 1. The maximum absolute atomic E-state index is 12.0. The van der Waals surface area contributed by atoms with Gasteiger partial charge in [0.1, 0.15) is 5.75 Å². The van der Waals surface area contributed by atoms with E-state index in [0.29, 0.717) is 17.9 Å². The fourth-order valence-electron chi connectivity index (χ4n) is 1.74. The lowest BCUT2D eigenvalue weighted by Crippen LogP contribution is -2.32. The number of carbonyl (C=O) groups is 2. The van der Waals surface area contributed by atoms with Crippen LogP contribution in [0.5, 0.6) is 5.75 Å². The molecule has 0 unspecified atom stereocenters. The van der Waals surface area contributed by atoms with Gasteiger partial charge < -0.3 is 15.0 Å². The van der Waals surface area contributed by atoms with Gasteiger partial charge in [0.05, 0.1) is 7.11 Å². The minimum atomic E-state index is -0.0250. The Hall–Kier alpha value is -1.59. The second-order valence-corrected chi connectivity index (χ2v) is 4.57. The predicted octanol–water partition coefficient (Wildman–Crippen LogP) is 1.76. The van der Waals surface area contributed by atoms with E-state index in [0.717, 1.165) is 6.54 Å². The van der Waals surface area contributed by atoms with Gasteiger partial charge in [-0.05, 0) is 31.3 Å². The molecule has 0 spiro atoms. The third kappa shape index (κ3) is 6.60. The van der Waals surface area contributed by atoms with Crippen molar-refractivity contribution < 1.29 is 14.3 Å². The molecule has 0 aliphatic rings. The van der Waals surface area contributed by atoms with Gasteiger partial charge in [-0.1, -0.05) is 0 Å². The van der Waals surface area contributed by atoms with Crippen molar-refractivity contribution in [3.63, 3.8) is 0 Å². The number of ketones is 1. The summed E-state index contributed by atoms with van der Waals surface area (Å²) in [5.41, 5.74) is 0.608. The van der Waals surface area contributed by atoms with Crippen LogP contribution >= 0.6 is 12.4 Å². The van der Waals surface area contributed by atoms with E-state index < -0.39 is 0 Å². The number of halogens is 1. The molecule has 0 atom stereocenters. The molecule has 1 amide bonds. The van der Waals surface area contributed by atoms with Gasteiger partial charge in [0.2, 0.25) is 5.91 Å². The normalized spacial score (nSPS) is 9.67. The van der Waals surface area contributed by atoms with E-state index in [-0.39, 0.29) is 36.9 Å². The van der Waals surface area contributed by atoms with Crippen LogP contribution < -0.4 is 10.1 Å². The van der Waals surface area contributed by atoms with Gasteiger partial charge in [-0.25, -0.2) is 0 Å². The van der Waals surface area contributed by atoms with Crippen LogP contribution in [0.3, 0.4) is 0 Å². The SMILES string of the molecule is CNCCN(C)C(=O)CCC(=O)c1ccc(OC)cc1.Cl. The number of likely N-dealkylation sites (N-methyl/N-ethyl adjacent to an activating group) is 2. The number of carbonyl (C=O) groups excluding carboxylic acids is 2. The third-order valence-electron chi connectivity index (χ3n) is 3.10. The first-order chi connectivity index (χ1) is 9.58. The zero-order valence-corrected chi connectivity index (χ0v) is 13.5. The molecular formula is C15H23ClN2O3. The smallest absolute Gasteiger partial charge is 0.222 e. The number of nitrogens with zero attached hydrogens (tertiary/aromatic N) is 1. The Labute approximate surface area is 132 Å². The van der Waals surface area contributed by atoms with Gasteiger partial charge in [-0.2, -0.15) is 0 Å². The van der Waals surface area contributed by atoms with Gasteiger partial charge >= 0.3 is 0 Å².